The second-order valence-corrected chi connectivity index (χ2v) is 5.09. The van der Waals surface area contributed by atoms with Crippen LogP contribution >= 0.6 is 0 Å². The molecule has 0 aromatic carbocycles. The van der Waals surface area contributed by atoms with E-state index in [4.69, 9.17) is 4.74 Å². The van der Waals surface area contributed by atoms with Crippen LogP contribution in [0.2, 0.25) is 0 Å². The first-order valence-electron chi connectivity index (χ1n) is 6.87. The zero-order valence-corrected chi connectivity index (χ0v) is 12.0. The molecular weight excluding hydrogens is 275 g/mol. The van der Waals surface area contributed by atoms with Gasteiger partial charge in [0, 0.05) is 19.0 Å². The lowest BCUT2D eigenvalue weighted by atomic mass is 9.98. The van der Waals surface area contributed by atoms with Crippen molar-refractivity contribution < 1.29 is 9.13 Å². The molecule has 1 aliphatic heterocycles. The molecule has 1 aliphatic rings. The Morgan fingerprint density at radius 1 is 1.43 bits per heavy atom. The van der Waals surface area contributed by atoms with Gasteiger partial charge in [-0.25, -0.2) is 9.97 Å². The van der Waals surface area contributed by atoms with Crippen molar-refractivity contribution in [1.29, 1.82) is 0 Å². The summed E-state index contributed by atoms with van der Waals surface area (Å²) in [5.74, 6) is 1.73. The monoisotopic (exact) mass is 292 g/mol. The smallest absolute Gasteiger partial charge is 0.255 e. The number of methoxy groups -OCH3 is 1. The second-order valence-electron chi connectivity index (χ2n) is 5.09. The molecule has 0 amide bonds. The van der Waals surface area contributed by atoms with Crippen molar-refractivity contribution in [2.24, 2.45) is 0 Å². The van der Waals surface area contributed by atoms with E-state index in [1.165, 1.54) is 7.11 Å². The predicted molar refractivity (Wildman–Crippen MR) is 73.8 cm³/mol. The molecule has 21 heavy (non-hydrogen) atoms. The van der Waals surface area contributed by atoms with Gasteiger partial charge in [0.2, 0.25) is 11.8 Å². The van der Waals surface area contributed by atoms with Crippen molar-refractivity contribution in [3.8, 4) is 5.88 Å². The van der Waals surface area contributed by atoms with Crippen molar-refractivity contribution in [2.45, 2.75) is 25.7 Å². The number of aryl methyl sites for hydroxylation is 1. The van der Waals surface area contributed by atoms with Gasteiger partial charge < -0.3 is 9.64 Å². The first-order valence-corrected chi connectivity index (χ1v) is 6.87. The number of H-pyrrole nitrogens is 1. The van der Waals surface area contributed by atoms with Crippen LogP contribution in [0.5, 0.6) is 5.88 Å². The van der Waals surface area contributed by atoms with E-state index < -0.39 is 5.82 Å². The highest BCUT2D eigenvalue weighted by Crippen LogP contribution is 2.27. The van der Waals surface area contributed by atoms with Crippen LogP contribution in [0.25, 0.3) is 0 Å². The van der Waals surface area contributed by atoms with Crippen LogP contribution in [-0.2, 0) is 0 Å². The Labute approximate surface area is 121 Å². The molecule has 0 bridgehead atoms. The number of aromatic amines is 1. The SMILES string of the molecule is COc1nc(N2CCCC(c3n[nH]c(C)n3)C2)ncc1F. The van der Waals surface area contributed by atoms with E-state index in [9.17, 15) is 4.39 Å². The lowest BCUT2D eigenvalue weighted by molar-refractivity contribution is 0.366. The Morgan fingerprint density at radius 2 is 2.29 bits per heavy atom. The summed E-state index contributed by atoms with van der Waals surface area (Å²) in [6.45, 7) is 3.42. The van der Waals surface area contributed by atoms with Crippen LogP contribution in [0.3, 0.4) is 0 Å². The summed E-state index contributed by atoms with van der Waals surface area (Å²) in [4.78, 5) is 14.6. The predicted octanol–water partition coefficient (Wildman–Crippen LogP) is 1.43. The summed E-state index contributed by atoms with van der Waals surface area (Å²) in [7, 11) is 1.39. The summed E-state index contributed by atoms with van der Waals surface area (Å²) >= 11 is 0. The van der Waals surface area contributed by atoms with Gasteiger partial charge in [0.25, 0.3) is 5.88 Å². The Bertz CT molecular complexity index is 631. The summed E-state index contributed by atoms with van der Waals surface area (Å²) in [5.41, 5.74) is 0. The molecule has 1 atom stereocenters. The molecule has 2 aromatic heterocycles. The number of hydrogen-bond acceptors (Lipinski definition) is 6. The molecule has 1 unspecified atom stereocenters. The molecule has 2 aromatic rings. The maximum atomic E-state index is 13.4. The molecule has 1 fully saturated rings. The van der Waals surface area contributed by atoms with Gasteiger partial charge in [0.15, 0.2) is 5.82 Å². The molecule has 0 aliphatic carbocycles. The largest absolute Gasteiger partial charge is 0.479 e. The number of ether oxygens (including phenoxy) is 1. The first kappa shape index (κ1) is 13.7. The third-order valence-corrected chi connectivity index (χ3v) is 3.58. The fourth-order valence-electron chi connectivity index (χ4n) is 2.55. The third kappa shape index (κ3) is 2.79. The number of nitrogens with zero attached hydrogens (tertiary/aromatic N) is 5. The Kier molecular flexibility index (Phi) is 3.68. The number of rotatable bonds is 3. The normalized spacial score (nSPS) is 18.8. The van der Waals surface area contributed by atoms with Crippen molar-refractivity contribution in [3.63, 3.8) is 0 Å². The summed E-state index contributed by atoms with van der Waals surface area (Å²) in [5, 5.41) is 7.09. The molecular formula is C13H17FN6O. The van der Waals surface area contributed by atoms with E-state index in [1.54, 1.807) is 0 Å². The van der Waals surface area contributed by atoms with Crippen molar-refractivity contribution >= 4 is 5.95 Å². The van der Waals surface area contributed by atoms with Crippen LogP contribution < -0.4 is 9.64 Å². The van der Waals surface area contributed by atoms with Crippen LogP contribution in [-0.4, -0.2) is 45.3 Å². The zero-order valence-electron chi connectivity index (χ0n) is 12.0. The fraction of sp³-hybridized carbons (Fsp3) is 0.538. The van der Waals surface area contributed by atoms with Crippen LogP contribution in [0.15, 0.2) is 6.20 Å². The van der Waals surface area contributed by atoms with Gasteiger partial charge in [-0.2, -0.15) is 14.5 Å². The highest BCUT2D eigenvalue weighted by Gasteiger charge is 2.26. The molecule has 1 N–H and O–H groups in total. The minimum atomic E-state index is -0.556. The Hall–Kier alpha value is -2.25. The summed E-state index contributed by atoms with van der Waals surface area (Å²) < 4.78 is 18.3. The first-order chi connectivity index (χ1) is 10.2. The lowest BCUT2D eigenvalue weighted by Crippen LogP contribution is -2.36. The van der Waals surface area contributed by atoms with E-state index in [-0.39, 0.29) is 11.8 Å². The fourth-order valence-corrected chi connectivity index (χ4v) is 2.55. The highest BCUT2D eigenvalue weighted by atomic mass is 19.1. The molecule has 8 heteroatoms. The Morgan fingerprint density at radius 3 is 3.00 bits per heavy atom. The van der Waals surface area contributed by atoms with Gasteiger partial charge in [0.05, 0.1) is 13.3 Å². The van der Waals surface area contributed by atoms with E-state index in [0.717, 1.165) is 37.2 Å². The molecule has 3 heterocycles. The second kappa shape index (κ2) is 5.63. The van der Waals surface area contributed by atoms with Crippen LogP contribution in [0, 0.1) is 12.7 Å². The van der Waals surface area contributed by atoms with E-state index >= 15 is 0 Å². The molecule has 112 valence electrons. The minimum Gasteiger partial charge on any atom is -0.479 e. The zero-order chi connectivity index (χ0) is 14.8. The van der Waals surface area contributed by atoms with E-state index in [1.807, 2.05) is 11.8 Å². The van der Waals surface area contributed by atoms with Crippen LogP contribution in [0.1, 0.15) is 30.4 Å². The van der Waals surface area contributed by atoms with Crippen molar-refractivity contribution in [3.05, 3.63) is 23.7 Å². The molecule has 0 spiro atoms. The topological polar surface area (TPSA) is 79.8 Å². The summed E-state index contributed by atoms with van der Waals surface area (Å²) in [6.07, 6.45) is 3.15. The number of halogens is 1. The number of anilines is 1. The number of aromatic nitrogens is 5. The highest BCUT2D eigenvalue weighted by molar-refractivity contribution is 5.34. The minimum absolute atomic E-state index is 0.0316. The molecule has 7 nitrogen and oxygen atoms in total. The molecule has 1 saturated heterocycles. The molecule has 0 radical (unpaired) electrons. The standard InChI is InChI=1S/C13H17FN6O/c1-8-16-11(19-18-8)9-4-3-5-20(7-9)13-15-6-10(14)12(17-13)21-2/h6,9H,3-5,7H2,1-2H3,(H,16,18,19). The number of piperidine rings is 1. The van der Waals surface area contributed by atoms with Gasteiger partial charge in [-0.05, 0) is 19.8 Å². The average molecular weight is 292 g/mol. The molecule has 0 saturated carbocycles. The summed E-state index contributed by atoms with van der Waals surface area (Å²) in [6, 6.07) is 0. The van der Waals surface area contributed by atoms with Crippen molar-refractivity contribution in [2.75, 3.05) is 25.1 Å². The van der Waals surface area contributed by atoms with Gasteiger partial charge in [-0.3, -0.25) is 5.10 Å². The Balaban J connectivity index is 1.79. The van der Waals surface area contributed by atoms with E-state index in [2.05, 4.69) is 25.1 Å². The molecule has 3 rings (SSSR count). The van der Waals surface area contributed by atoms with Crippen LogP contribution in [0.4, 0.5) is 10.3 Å². The van der Waals surface area contributed by atoms with Gasteiger partial charge >= 0.3 is 0 Å². The third-order valence-electron chi connectivity index (χ3n) is 3.58. The van der Waals surface area contributed by atoms with Gasteiger partial charge in [-0.1, -0.05) is 0 Å². The quantitative estimate of drug-likeness (QED) is 0.922. The van der Waals surface area contributed by atoms with Gasteiger partial charge in [-0.15, -0.1) is 0 Å². The maximum absolute atomic E-state index is 13.4. The van der Waals surface area contributed by atoms with Gasteiger partial charge in [0.1, 0.15) is 5.82 Å². The van der Waals surface area contributed by atoms with E-state index in [0.29, 0.717) is 12.5 Å². The van der Waals surface area contributed by atoms with Crippen molar-refractivity contribution in [1.82, 2.24) is 25.1 Å². The number of nitrogens with one attached hydrogen (secondary N) is 1. The maximum Gasteiger partial charge on any atom is 0.255 e. The average Bonchev–Trinajstić information content (AvgIpc) is 2.94. The number of hydrogen-bond donors (Lipinski definition) is 1. The lowest BCUT2D eigenvalue weighted by Gasteiger charge is -2.31.